The van der Waals surface area contributed by atoms with Gasteiger partial charge in [-0.1, -0.05) is 13.8 Å². The number of likely N-dealkylation sites (N-methyl/N-ethyl adjacent to an activating group) is 1. The second-order valence-electron chi connectivity index (χ2n) is 8.60. The van der Waals surface area contributed by atoms with Gasteiger partial charge in [-0.2, -0.15) is 5.10 Å². The minimum Gasteiger partial charge on any atom is -0.369 e. The third-order valence-corrected chi connectivity index (χ3v) is 7.15. The molecule has 4 fully saturated rings. The van der Waals surface area contributed by atoms with E-state index in [1.165, 1.54) is 31.4 Å². The van der Waals surface area contributed by atoms with Gasteiger partial charge in [-0.3, -0.25) is 0 Å². The van der Waals surface area contributed by atoms with Crippen molar-refractivity contribution in [2.24, 2.45) is 23.2 Å². The van der Waals surface area contributed by atoms with Gasteiger partial charge in [0.25, 0.3) is 0 Å². The first-order chi connectivity index (χ1) is 11.6. The molecule has 5 rings (SSSR count). The molecule has 5 heteroatoms. The summed E-state index contributed by atoms with van der Waals surface area (Å²) in [6.07, 6.45) is 7.30. The summed E-state index contributed by atoms with van der Waals surface area (Å²) in [6, 6.07) is 2.76. The lowest BCUT2D eigenvalue weighted by Crippen LogP contribution is -2.53. The van der Waals surface area contributed by atoms with Crippen LogP contribution in [0.2, 0.25) is 0 Å². The van der Waals surface area contributed by atoms with Crippen molar-refractivity contribution >= 4 is 11.5 Å². The lowest BCUT2D eigenvalue weighted by atomic mass is 9.45. The molecule has 0 aromatic carbocycles. The van der Waals surface area contributed by atoms with E-state index in [-0.39, 0.29) is 0 Å². The predicted octanol–water partition coefficient (Wildman–Crippen LogP) is 2.76. The average molecular weight is 329 g/mol. The van der Waals surface area contributed by atoms with Gasteiger partial charge in [-0.15, -0.1) is 5.10 Å². The Morgan fingerprint density at radius 1 is 1.29 bits per heavy atom. The topological polar surface area (TPSA) is 53.1 Å². The molecule has 0 radical (unpaired) electrons. The van der Waals surface area contributed by atoms with E-state index in [9.17, 15) is 0 Å². The van der Waals surface area contributed by atoms with Gasteiger partial charge < -0.3 is 15.5 Å². The van der Waals surface area contributed by atoms with Crippen molar-refractivity contribution in [3.63, 3.8) is 0 Å². The fourth-order valence-corrected chi connectivity index (χ4v) is 5.29. The van der Waals surface area contributed by atoms with Gasteiger partial charge in [0, 0.05) is 31.7 Å². The van der Waals surface area contributed by atoms with Crippen molar-refractivity contribution in [1.29, 1.82) is 0 Å². The Balaban J connectivity index is 1.36. The van der Waals surface area contributed by atoms with Crippen LogP contribution < -0.4 is 15.5 Å². The van der Waals surface area contributed by atoms with E-state index in [2.05, 4.69) is 45.6 Å². The largest absolute Gasteiger partial charge is 0.369 e. The van der Waals surface area contributed by atoms with E-state index in [1.54, 1.807) is 0 Å². The highest BCUT2D eigenvalue weighted by molar-refractivity contribution is 5.53. The zero-order valence-electron chi connectivity index (χ0n) is 15.3. The monoisotopic (exact) mass is 329 g/mol. The third-order valence-electron chi connectivity index (χ3n) is 7.15. The lowest BCUT2D eigenvalue weighted by molar-refractivity contribution is -0.100. The lowest BCUT2D eigenvalue weighted by Gasteiger charge is -2.60. The first-order valence-corrected chi connectivity index (χ1v) is 9.56. The standard InChI is InChI=1S/C19H31N5/c1-19(2)14-5-4-13(17(19)8-14)10-21-18-9-16(11-22-23-18)24-7-6-15(12-24)20-3/h9,11,13-15,17,20H,4-8,10,12H2,1-3H3,(H,21,23). The molecule has 1 aromatic heterocycles. The minimum atomic E-state index is 0.551. The molecule has 1 aromatic rings. The van der Waals surface area contributed by atoms with Crippen LogP contribution in [0.4, 0.5) is 11.5 Å². The number of aromatic nitrogens is 2. The maximum absolute atomic E-state index is 4.31. The molecule has 3 aliphatic carbocycles. The van der Waals surface area contributed by atoms with Gasteiger partial charge in [0.05, 0.1) is 11.9 Å². The highest BCUT2D eigenvalue weighted by atomic mass is 15.2. The molecule has 1 aliphatic heterocycles. The smallest absolute Gasteiger partial charge is 0.150 e. The molecule has 2 heterocycles. The number of hydrogen-bond acceptors (Lipinski definition) is 5. The number of nitrogens with one attached hydrogen (secondary N) is 2. The Morgan fingerprint density at radius 3 is 2.88 bits per heavy atom. The molecule has 2 bridgehead atoms. The first-order valence-electron chi connectivity index (χ1n) is 9.56. The van der Waals surface area contributed by atoms with Gasteiger partial charge in [-0.25, -0.2) is 0 Å². The summed E-state index contributed by atoms with van der Waals surface area (Å²) < 4.78 is 0. The summed E-state index contributed by atoms with van der Waals surface area (Å²) in [5.41, 5.74) is 1.74. The first kappa shape index (κ1) is 16.1. The number of hydrogen-bond donors (Lipinski definition) is 2. The number of fused-ring (bicyclic) bond motifs is 2. The minimum absolute atomic E-state index is 0.551. The molecule has 3 saturated carbocycles. The summed E-state index contributed by atoms with van der Waals surface area (Å²) >= 11 is 0. The predicted molar refractivity (Wildman–Crippen MR) is 98.3 cm³/mol. The van der Waals surface area contributed by atoms with Gasteiger partial charge in [0.1, 0.15) is 0 Å². The Bertz CT molecular complexity index is 585. The normalized spacial score (nSPS) is 34.0. The molecule has 5 nitrogen and oxygen atoms in total. The van der Waals surface area contributed by atoms with Crippen LogP contribution >= 0.6 is 0 Å². The van der Waals surface area contributed by atoms with E-state index in [1.807, 2.05) is 13.2 Å². The van der Waals surface area contributed by atoms with Crippen LogP contribution in [-0.4, -0.2) is 42.9 Å². The van der Waals surface area contributed by atoms with Crippen LogP contribution in [0.1, 0.15) is 39.5 Å². The number of rotatable bonds is 5. The molecule has 2 N–H and O–H groups in total. The number of nitrogens with zero attached hydrogens (tertiary/aromatic N) is 3. The summed E-state index contributed by atoms with van der Waals surface area (Å²) in [5.74, 6) is 3.57. The molecule has 4 atom stereocenters. The molecule has 4 unspecified atom stereocenters. The second-order valence-corrected chi connectivity index (χ2v) is 8.60. The molecule has 0 spiro atoms. The van der Waals surface area contributed by atoms with Crippen LogP contribution in [0.15, 0.2) is 12.3 Å². The summed E-state index contributed by atoms with van der Waals surface area (Å²) in [6.45, 7) is 8.12. The van der Waals surface area contributed by atoms with Gasteiger partial charge >= 0.3 is 0 Å². The SMILES string of the molecule is CNC1CCN(c2cnnc(NCC3CCC4CC3C4(C)C)c2)C1. The summed E-state index contributed by atoms with van der Waals surface area (Å²) in [5, 5.41) is 15.5. The molecule has 24 heavy (non-hydrogen) atoms. The Morgan fingerprint density at radius 2 is 2.17 bits per heavy atom. The Hall–Kier alpha value is -1.36. The average Bonchev–Trinajstić information content (AvgIpc) is 3.09. The molecular weight excluding hydrogens is 298 g/mol. The number of anilines is 2. The zero-order chi connectivity index (χ0) is 16.7. The van der Waals surface area contributed by atoms with Crippen LogP contribution in [-0.2, 0) is 0 Å². The fraction of sp³-hybridized carbons (Fsp3) is 0.789. The van der Waals surface area contributed by atoms with Crippen LogP contribution in [0.3, 0.4) is 0 Å². The summed E-state index contributed by atoms with van der Waals surface area (Å²) in [4.78, 5) is 2.40. The zero-order valence-corrected chi connectivity index (χ0v) is 15.3. The van der Waals surface area contributed by atoms with Gasteiger partial charge in [0.15, 0.2) is 5.82 Å². The maximum atomic E-state index is 4.31. The Kier molecular flexibility index (Phi) is 4.15. The Labute approximate surface area is 145 Å². The van der Waals surface area contributed by atoms with E-state index in [0.29, 0.717) is 11.5 Å². The molecular formula is C19H31N5. The molecule has 1 saturated heterocycles. The highest BCUT2D eigenvalue weighted by Crippen LogP contribution is 2.61. The quantitative estimate of drug-likeness (QED) is 0.870. The van der Waals surface area contributed by atoms with Gasteiger partial charge in [0.2, 0.25) is 0 Å². The highest BCUT2D eigenvalue weighted by Gasteiger charge is 2.53. The van der Waals surface area contributed by atoms with Crippen molar-refractivity contribution in [2.75, 3.05) is 36.9 Å². The van der Waals surface area contributed by atoms with Crippen molar-refractivity contribution in [2.45, 2.75) is 45.6 Å². The molecule has 4 aliphatic rings. The van der Waals surface area contributed by atoms with Crippen molar-refractivity contribution < 1.29 is 0 Å². The van der Waals surface area contributed by atoms with E-state index >= 15 is 0 Å². The molecule has 132 valence electrons. The van der Waals surface area contributed by atoms with Gasteiger partial charge in [-0.05, 0) is 55.9 Å². The van der Waals surface area contributed by atoms with E-state index < -0.39 is 0 Å². The maximum Gasteiger partial charge on any atom is 0.150 e. The van der Waals surface area contributed by atoms with Crippen LogP contribution in [0.25, 0.3) is 0 Å². The van der Waals surface area contributed by atoms with Crippen molar-refractivity contribution in [3.8, 4) is 0 Å². The second kappa shape index (κ2) is 6.17. The fourth-order valence-electron chi connectivity index (χ4n) is 5.29. The van der Waals surface area contributed by atoms with Crippen molar-refractivity contribution in [3.05, 3.63) is 12.3 Å². The van der Waals surface area contributed by atoms with Crippen LogP contribution in [0, 0.1) is 23.2 Å². The third kappa shape index (κ3) is 2.77. The van der Waals surface area contributed by atoms with Crippen molar-refractivity contribution in [1.82, 2.24) is 15.5 Å². The van der Waals surface area contributed by atoms with Crippen LogP contribution in [0.5, 0.6) is 0 Å². The summed E-state index contributed by atoms with van der Waals surface area (Å²) in [7, 11) is 2.04. The van der Waals surface area contributed by atoms with E-state index in [4.69, 9.17) is 0 Å². The van der Waals surface area contributed by atoms with E-state index in [0.717, 1.165) is 43.2 Å². The molecule has 0 amide bonds.